The van der Waals surface area contributed by atoms with Gasteiger partial charge in [-0.3, -0.25) is 0 Å². The molecular formula is C25H29Cl2NO4. The van der Waals surface area contributed by atoms with Gasteiger partial charge in [-0.25, -0.2) is 0 Å². The van der Waals surface area contributed by atoms with Crippen LogP contribution in [-0.2, 0) is 13.2 Å². The molecule has 0 bridgehead atoms. The number of ether oxygens (including phenoxy) is 2. The Labute approximate surface area is 200 Å². The molecule has 3 aromatic carbocycles. The number of rotatable bonds is 12. The van der Waals surface area contributed by atoms with Crippen LogP contribution < -0.4 is 14.8 Å². The quantitative estimate of drug-likeness (QED) is 0.335. The maximum absolute atomic E-state index is 10.6. The lowest BCUT2D eigenvalue weighted by molar-refractivity contribution is 0.155. The third-order valence-corrected chi connectivity index (χ3v) is 5.04. The minimum Gasteiger partial charge on any atom is -0.489 e. The first-order valence-corrected chi connectivity index (χ1v) is 10.8. The maximum Gasteiger partial charge on any atom is 0.123 e. The van der Waals surface area contributed by atoms with E-state index >= 15 is 0 Å². The van der Waals surface area contributed by atoms with Gasteiger partial charge >= 0.3 is 0 Å². The molecule has 3 aromatic rings. The molecule has 0 aliphatic rings. The van der Waals surface area contributed by atoms with Crippen molar-refractivity contribution >= 4 is 24.0 Å². The Balaban J connectivity index is 0.00000363. The second kappa shape index (κ2) is 14.0. The molecule has 0 saturated heterocycles. The first kappa shape index (κ1) is 26.0. The number of hydrogen-bond acceptors (Lipinski definition) is 5. The summed E-state index contributed by atoms with van der Waals surface area (Å²) >= 11 is 5.61. The van der Waals surface area contributed by atoms with Crippen LogP contribution in [0.1, 0.15) is 22.8 Å². The van der Waals surface area contributed by atoms with Gasteiger partial charge in [0.05, 0.1) is 12.2 Å². The molecule has 0 spiro atoms. The Morgan fingerprint density at radius 3 is 1.72 bits per heavy atom. The van der Waals surface area contributed by atoms with Crippen LogP contribution in [0.2, 0.25) is 0 Å². The smallest absolute Gasteiger partial charge is 0.123 e. The summed E-state index contributed by atoms with van der Waals surface area (Å²) < 4.78 is 11.9. The summed E-state index contributed by atoms with van der Waals surface area (Å²) in [6, 6.07) is 25.2. The number of aliphatic hydroxyl groups excluding tert-OH is 2. The van der Waals surface area contributed by atoms with E-state index < -0.39 is 12.2 Å². The Morgan fingerprint density at radius 1 is 0.750 bits per heavy atom. The molecule has 0 radical (unpaired) electrons. The molecule has 0 aromatic heterocycles. The Morgan fingerprint density at radius 2 is 1.25 bits per heavy atom. The van der Waals surface area contributed by atoms with Crippen LogP contribution >= 0.6 is 24.0 Å². The van der Waals surface area contributed by atoms with E-state index in [9.17, 15) is 10.2 Å². The first-order valence-electron chi connectivity index (χ1n) is 10.3. The molecule has 172 valence electrons. The van der Waals surface area contributed by atoms with Gasteiger partial charge in [-0.05, 0) is 28.8 Å². The molecule has 7 heteroatoms. The van der Waals surface area contributed by atoms with Crippen molar-refractivity contribution in [2.45, 2.75) is 25.4 Å². The normalized spacial score (nSPS) is 12.5. The van der Waals surface area contributed by atoms with Gasteiger partial charge in [-0.2, -0.15) is 0 Å². The minimum absolute atomic E-state index is 0. The molecule has 0 heterocycles. The van der Waals surface area contributed by atoms with E-state index in [1.165, 1.54) is 0 Å². The molecule has 2 atom stereocenters. The molecule has 32 heavy (non-hydrogen) atoms. The van der Waals surface area contributed by atoms with E-state index in [0.29, 0.717) is 36.8 Å². The maximum atomic E-state index is 10.6. The van der Waals surface area contributed by atoms with Crippen molar-refractivity contribution in [2.75, 3.05) is 19.0 Å². The predicted molar refractivity (Wildman–Crippen MR) is 130 cm³/mol. The summed E-state index contributed by atoms with van der Waals surface area (Å²) in [6.07, 6.45) is -1.44. The van der Waals surface area contributed by atoms with Crippen molar-refractivity contribution in [3.8, 4) is 11.5 Å². The van der Waals surface area contributed by atoms with E-state index in [4.69, 9.17) is 21.1 Å². The summed E-state index contributed by atoms with van der Waals surface area (Å²) in [6.45, 7) is 1.41. The highest BCUT2D eigenvalue weighted by molar-refractivity contribution is 6.18. The Bertz CT molecular complexity index is 851. The highest BCUT2D eigenvalue weighted by atomic mass is 35.5. The van der Waals surface area contributed by atoms with Gasteiger partial charge in [0, 0.05) is 25.0 Å². The molecule has 2 unspecified atom stereocenters. The summed E-state index contributed by atoms with van der Waals surface area (Å²) in [5.41, 5.74) is 2.77. The van der Waals surface area contributed by atoms with Crippen LogP contribution in [0, 0.1) is 0 Å². The van der Waals surface area contributed by atoms with Crippen LogP contribution in [0.15, 0.2) is 78.9 Å². The van der Waals surface area contributed by atoms with Gasteiger partial charge in [-0.1, -0.05) is 60.7 Å². The van der Waals surface area contributed by atoms with E-state index in [-0.39, 0.29) is 24.8 Å². The fraction of sp³-hybridized carbons (Fsp3) is 0.280. The number of hydrogen-bond donors (Lipinski definition) is 3. The van der Waals surface area contributed by atoms with Gasteiger partial charge in [0.25, 0.3) is 0 Å². The first-order chi connectivity index (χ1) is 15.1. The zero-order valence-corrected chi connectivity index (χ0v) is 19.3. The van der Waals surface area contributed by atoms with E-state index in [1.807, 2.05) is 78.9 Å². The van der Waals surface area contributed by atoms with Crippen molar-refractivity contribution < 1.29 is 19.7 Å². The van der Waals surface area contributed by atoms with Gasteiger partial charge < -0.3 is 25.0 Å². The van der Waals surface area contributed by atoms with Gasteiger partial charge in [0.1, 0.15) is 24.7 Å². The third kappa shape index (κ3) is 8.69. The second-order valence-electron chi connectivity index (χ2n) is 7.27. The number of nitrogens with one attached hydrogen (secondary N) is 1. The summed E-state index contributed by atoms with van der Waals surface area (Å²) in [5.74, 6) is 1.37. The topological polar surface area (TPSA) is 71.0 Å². The highest BCUT2D eigenvalue weighted by Crippen LogP contribution is 2.28. The van der Waals surface area contributed by atoms with Crippen LogP contribution in [0.25, 0.3) is 0 Å². The van der Waals surface area contributed by atoms with Crippen LogP contribution in [0.4, 0.5) is 0 Å². The van der Waals surface area contributed by atoms with Crippen molar-refractivity contribution in [3.63, 3.8) is 0 Å². The van der Waals surface area contributed by atoms with E-state index in [0.717, 1.165) is 11.1 Å². The average molecular weight is 478 g/mol. The lowest BCUT2D eigenvalue weighted by Gasteiger charge is -2.17. The lowest BCUT2D eigenvalue weighted by Crippen LogP contribution is -2.31. The predicted octanol–water partition coefficient (Wildman–Crippen LogP) is 4.49. The van der Waals surface area contributed by atoms with Crippen molar-refractivity contribution in [1.82, 2.24) is 5.32 Å². The highest BCUT2D eigenvalue weighted by Gasteiger charge is 2.13. The number of benzene rings is 3. The zero-order chi connectivity index (χ0) is 21.9. The summed E-state index contributed by atoms with van der Waals surface area (Å²) in [7, 11) is 0. The fourth-order valence-electron chi connectivity index (χ4n) is 2.99. The molecule has 0 fully saturated rings. The average Bonchev–Trinajstić information content (AvgIpc) is 2.82. The monoisotopic (exact) mass is 477 g/mol. The summed E-state index contributed by atoms with van der Waals surface area (Å²) in [5, 5.41) is 23.2. The zero-order valence-electron chi connectivity index (χ0n) is 17.7. The largest absolute Gasteiger partial charge is 0.489 e. The molecule has 3 rings (SSSR count). The van der Waals surface area contributed by atoms with Crippen LogP contribution in [-0.4, -0.2) is 35.3 Å². The van der Waals surface area contributed by atoms with Crippen molar-refractivity contribution in [3.05, 3.63) is 95.6 Å². The van der Waals surface area contributed by atoms with Crippen LogP contribution in [0.3, 0.4) is 0 Å². The van der Waals surface area contributed by atoms with E-state index in [2.05, 4.69) is 5.32 Å². The molecule has 3 N–H and O–H groups in total. The van der Waals surface area contributed by atoms with Gasteiger partial charge in [0.15, 0.2) is 0 Å². The van der Waals surface area contributed by atoms with Gasteiger partial charge in [-0.15, -0.1) is 24.0 Å². The fourth-order valence-corrected chi connectivity index (χ4v) is 3.10. The van der Waals surface area contributed by atoms with E-state index in [1.54, 1.807) is 0 Å². The number of alkyl halides is 1. The number of halogens is 2. The van der Waals surface area contributed by atoms with Crippen molar-refractivity contribution in [1.29, 1.82) is 0 Å². The molecular weight excluding hydrogens is 449 g/mol. The molecule has 5 nitrogen and oxygen atoms in total. The Kier molecular flexibility index (Phi) is 11.4. The number of aliphatic hydroxyl groups is 2. The van der Waals surface area contributed by atoms with Crippen molar-refractivity contribution in [2.24, 2.45) is 0 Å². The SMILES string of the molecule is Cl.OC(CCl)CNCC(O)c1cc(OCc2ccccc2)cc(OCc2ccccc2)c1. The Hall–Kier alpha value is -2.28. The molecule has 0 amide bonds. The molecule has 0 saturated carbocycles. The third-order valence-electron chi connectivity index (χ3n) is 4.68. The standard InChI is InChI=1S/C25H28ClNO4.ClH/c26-14-22(28)15-27-16-25(29)21-11-23(30-17-19-7-3-1-4-8-19)13-24(12-21)31-18-20-9-5-2-6-10-20;/h1-13,22,25,27-29H,14-18H2;1H. The second-order valence-corrected chi connectivity index (χ2v) is 7.58. The molecule has 0 aliphatic heterocycles. The molecule has 0 aliphatic carbocycles. The lowest BCUT2D eigenvalue weighted by atomic mass is 10.1. The minimum atomic E-state index is -0.790. The van der Waals surface area contributed by atoms with Gasteiger partial charge in [0.2, 0.25) is 0 Å². The summed E-state index contributed by atoms with van der Waals surface area (Å²) in [4.78, 5) is 0. The van der Waals surface area contributed by atoms with Crippen LogP contribution in [0.5, 0.6) is 11.5 Å².